The minimum absolute atomic E-state index is 0.0161. The van der Waals surface area contributed by atoms with Crippen LogP contribution in [0.5, 0.6) is 17.2 Å². The molecule has 0 aliphatic carbocycles. The zero-order valence-electron chi connectivity index (χ0n) is 21.0. The van der Waals surface area contributed by atoms with Crippen molar-refractivity contribution >= 4 is 11.9 Å². The van der Waals surface area contributed by atoms with Crippen LogP contribution >= 0.6 is 0 Å². The Bertz CT molecular complexity index is 1360. The van der Waals surface area contributed by atoms with Crippen molar-refractivity contribution in [1.82, 2.24) is 9.97 Å². The minimum Gasteiger partial charge on any atom is -0.507 e. The van der Waals surface area contributed by atoms with Gasteiger partial charge in [0.25, 0.3) is 0 Å². The largest absolute Gasteiger partial charge is 0.507 e. The number of phenols is 1. The van der Waals surface area contributed by atoms with E-state index in [1.807, 2.05) is 54.6 Å². The number of aromatic nitrogens is 2. The van der Waals surface area contributed by atoms with Gasteiger partial charge in [-0.25, -0.2) is 9.97 Å². The van der Waals surface area contributed by atoms with Gasteiger partial charge in [0.2, 0.25) is 5.95 Å². The smallest absolute Gasteiger partial charge is 0.320 e. The molecule has 38 heavy (non-hydrogen) atoms. The number of nitrogens with zero attached hydrogens (tertiary/aromatic N) is 2. The molecule has 9 heteroatoms. The Balaban J connectivity index is 1.59. The predicted molar refractivity (Wildman–Crippen MR) is 145 cm³/mol. The van der Waals surface area contributed by atoms with Crippen LogP contribution in [0.3, 0.4) is 0 Å². The van der Waals surface area contributed by atoms with Crippen LogP contribution in [-0.2, 0) is 11.4 Å². The van der Waals surface area contributed by atoms with Crippen LogP contribution < -0.4 is 20.5 Å². The zero-order chi connectivity index (χ0) is 26.9. The standard InChI is InChI=1S/C29H30N4O5/c1-37-21-11-9-20(10-12-21)24-17-32-29(31-15-5-8-25(30)28(35)36)33-27(24)23-14-13-22(16-26(23)34)38-18-19-6-3-2-4-7-19/h2-4,6-7,9-14,16-17,25,34H,5,8,15,18,30H2,1H3,(H,35,36)(H,31,32,33). The Labute approximate surface area is 220 Å². The van der Waals surface area contributed by atoms with E-state index in [1.165, 1.54) is 0 Å². The fourth-order valence-electron chi connectivity index (χ4n) is 3.84. The highest BCUT2D eigenvalue weighted by atomic mass is 16.5. The van der Waals surface area contributed by atoms with Crippen molar-refractivity contribution in [3.63, 3.8) is 0 Å². The molecule has 0 bridgehead atoms. The average molecular weight is 515 g/mol. The number of rotatable bonds is 12. The maximum atomic E-state index is 11.0. The van der Waals surface area contributed by atoms with Gasteiger partial charge in [-0.2, -0.15) is 0 Å². The van der Waals surface area contributed by atoms with E-state index in [2.05, 4.69) is 10.3 Å². The molecule has 9 nitrogen and oxygen atoms in total. The van der Waals surface area contributed by atoms with E-state index >= 15 is 0 Å². The highest BCUT2D eigenvalue weighted by Crippen LogP contribution is 2.38. The van der Waals surface area contributed by atoms with Crippen molar-refractivity contribution in [2.24, 2.45) is 5.73 Å². The summed E-state index contributed by atoms with van der Waals surface area (Å²) in [5.41, 5.74) is 9.22. The average Bonchev–Trinajstić information content (AvgIpc) is 2.94. The van der Waals surface area contributed by atoms with Gasteiger partial charge in [0.15, 0.2) is 0 Å². The lowest BCUT2D eigenvalue weighted by Crippen LogP contribution is -2.30. The van der Waals surface area contributed by atoms with Gasteiger partial charge < -0.3 is 30.7 Å². The molecule has 5 N–H and O–H groups in total. The van der Waals surface area contributed by atoms with Crippen LogP contribution in [0.2, 0.25) is 0 Å². The topological polar surface area (TPSA) is 140 Å². The second-order valence-electron chi connectivity index (χ2n) is 8.65. The molecular weight excluding hydrogens is 484 g/mol. The summed E-state index contributed by atoms with van der Waals surface area (Å²) in [6, 6.07) is 21.5. The third kappa shape index (κ3) is 6.77. The Morgan fingerprint density at radius 1 is 1.03 bits per heavy atom. The van der Waals surface area contributed by atoms with Gasteiger partial charge in [-0.05, 0) is 48.2 Å². The molecule has 1 heterocycles. The van der Waals surface area contributed by atoms with E-state index < -0.39 is 12.0 Å². The number of anilines is 1. The van der Waals surface area contributed by atoms with Gasteiger partial charge in [0, 0.05) is 29.9 Å². The summed E-state index contributed by atoms with van der Waals surface area (Å²) in [6.07, 6.45) is 2.55. The summed E-state index contributed by atoms with van der Waals surface area (Å²) in [7, 11) is 1.60. The molecule has 1 unspecified atom stereocenters. The first-order valence-corrected chi connectivity index (χ1v) is 12.2. The number of aliphatic carboxylic acids is 1. The molecule has 1 atom stereocenters. The number of benzene rings is 3. The normalized spacial score (nSPS) is 11.5. The van der Waals surface area contributed by atoms with Crippen molar-refractivity contribution in [2.75, 3.05) is 19.0 Å². The summed E-state index contributed by atoms with van der Waals surface area (Å²) < 4.78 is 11.1. The summed E-state index contributed by atoms with van der Waals surface area (Å²) in [5, 5.41) is 23.0. The van der Waals surface area contributed by atoms with Crippen LogP contribution in [-0.4, -0.2) is 45.8 Å². The maximum absolute atomic E-state index is 11.0. The summed E-state index contributed by atoms with van der Waals surface area (Å²) in [5.74, 6) is 0.589. The van der Waals surface area contributed by atoms with Crippen LogP contribution in [0.25, 0.3) is 22.4 Å². The number of nitrogens with one attached hydrogen (secondary N) is 1. The van der Waals surface area contributed by atoms with Crippen molar-refractivity contribution in [3.8, 4) is 39.6 Å². The van der Waals surface area contributed by atoms with E-state index in [0.717, 1.165) is 22.4 Å². The SMILES string of the molecule is COc1ccc(-c2cnc(NCCCC(N)C(=O)O)nc2-c2ccc(OCc3ccccc3)cc2O)cc1. The third-order valence-electron chi connectivity index (χ3n) is 5.95. The second-order valence-corrected chi connectivity index (χ2v) is 8.65. The zero-order valence-corrected chi connectivity index (χ0v) is 21.0. The van der Waals surface area contributed by atoms with Gasteiger partial charge in [-0.1, -0.05) is 42.5 Å². The van der Waals surface area contributed by atoms with E-state index in [1.54, 1.807) is 31.5 Å². The van der Waals surface area contributed by atoms with Gasteiger partial charge in [-0.3, -0.25) is 4.79 Å². The first kappa shape index (κ1) is 26.4. The fourth-order valence-corrected chi connectivity index (χ4v) is 3.84. The lowest BCUT2D eigenvalue weighted by atomic mass is 10.00. The van der Waals surface area contributed by atoms with Gasteiger partial charge in [0.05, 0.1) is 12.8 Å². The minimum atomic E-state index is -1.03. The summed E-state index contributed by atoms with van der Waals surface area (Å²) >= 11 is 0. The van der Waals surface area contributed by atoms with Crippen molar-refractivity contribution in [3.05, 3.63) is 84.6 Å². The first-order chi connectivity index (χ1) is 18.4. The monoisotopic (exact) mass is 514 g/mol. The molecular formula is C29H30N4O5. The van der Waals surface area contributed by atoms with Gasteiger partial charge in [-0.15, -0.1) is 0 Å². The van der Waals surface area contributed by atoms with Gasteiger partial charge >= 0.3 is 5.97 Å². The first-order valence-electron chi connectivity index (χ1n) is 12.2. The van der Waals surface area contributed by atoms with E-state index in [-0.39, 0.29) is 5.75 Å². The van der Waals surface area contributed by atoms with Crippen LogP contribution in [0.15, 0.2) is 79.0 Å². The van der Waals surface area contributed by atoms with E-state index in [0.29, 0.717) is 48.9 Å². The molecule has 3 aromatic carbocycles. The molecule has 0 saturated heterocycles. The number of phenolic OH excluding ortho intramolecular Hbond substituents is 1. The van der Waals surface area contributed by atoms with E-state index in [9.17, 15) is 9.90 Å². The second kappa shape index (κ2) is 12.6. The number of nitrogens with two attached hydrogens (primary N) is 1. The number of hydrogen-bond donors (Lipinski definition) is 4. The molecule has 0 radical (unpaired) electrons. The quantitative estimate of drug-likeness (QED) is 0.198. The third-order valence-corrected chi connectivity index (χ3v) is 5.95. The Morgan fingerprint density at radius 3 is 2.45 bits per heavy atom. The number of methoxy groups -OCH3 is 1. The Hall–Kier alpha value is -4.63. The predicted octanol–water partition coefficient (Wildman–Crippen LogP) is 4.71. The maximum Gasteiger partial charge on any atom is 0.320 e. The number of carboxylic acid groups (broad SMARTS) is 1. The number of carbonyl (C=O) groups is 1. The van der Waals surface area contributed by atoms with Crippen molar-refractivity contribution < 1.29 is 24.5 Å². The fraction of sp³-hybridized carbons (Fsp3) is 0.207. The van der Waals surface area contributed by atoms with Crippen LogP contribution in [0, 0.1) is 0 Å². The van der Waals surface area contributed by atoms with E-state index in [4.69, 9.17) is 25.3 Å². The number of ether oxygens (including phenoxy) is 2. The molecule has 0 amide bonds. The van der Waals surface area contributed by atoms with Crippen LogP contribution in [0.4, 0.5) is 5.95 Å². The molecule has 0 spiro atoms. The number of carboxylic acids is 1. The van der Waals surface area contributed by atoms with Gasteiger partial charge in [0.1, 0.15) is 29.9 Å². The highest BCUT2D eigenvalue weighted by Gasteiger charge is 2.16. The number of aromatic hydroxyl groups is 1. The molecule has 0 fully saturated rings. The lowest BCUT2D eigenvalue weighted by molar-refractivity contribution is -0.138. The van der Waals surface area contributed by atoms with Crippen LogP contribution in [0.1, 0.15) is 18.4 Å². The van der Waals surface area contributed by atoms with Crippen molar-refractivity contribution in [2.45, 2.75) is 25.5 Å². The van der Waals surface area contributed by atoms with Crippen molar-refractivity contribution in [1.29, 1.82) is 0 Å². The molecule has 0 saturated carbocycles. The summed E-state index contributed by atoms with van der Waals surface area (Å²) in [4.78, 5) is 20.1. The molecule has 1 aromatic heterocycles. The Kier molecular flexibility index (Phi) is 8.73. The Morgan fingerprint density at radius 2 is 1.76 bits per heavy atom. The molecule has 0 aliphatic rings. The molecule has 4 rings (SSSR count). The number of hydrogen-bond acceptors (Lipinski definition) is 8. The molecule has 0 aliphatic heterocycles. The molecule has 4 aromatic rings. The molecule has 196 valence electrons. The highest BCUT2D eigenvalue weighted by molar-refractivity contribution is 5.84. The lowest BCUT2D eigenvalue weighted by Gasteiger charge is -2.14. The summed E-state index contributed by atoms with van der Waals surface area (Å²) in [6.45, 7) is 0.824.